The molecule has 8 heteroatoms. The number of carbonyl (C=O) groups is 1. The molecule has 1 aromatic carbocycles. The molecule has 0 spiro atoms. The number of carbonyl (C=O) groups excluding carboxylic acids is 1. The highest BCUT2D eigenvalue weighted by atomic mass is 19.3. The maximum absolute atomic E-state index is 12.9. The minimum absolute atomic E-state index is 0.0313. The molecule has 1 aliphatic rings. The van der Waals surface area contributed by atoms with E-state index in [0.717, 1.165) is 5.56 Å². The first-order valence-corrected chi connectivity index (χ1v) is 9.03. The fourth-order valence-corrected chi connectivity index (χ4v) is 3.59. The first kappa shape index (κ1) is 19.3. The molecule has 6 nitrogen and oxygen atoms in total. The minimum atomic E-state index is -2.91. The van der Waals surface area contributed by atoms with Gasteiger partial charge >= 0.3 is 6.61 Å². The summed E-state index contributed by atoms with van der Waals surface area (Å²) in [5.41, 5.74) is 1.56. The molecule has 0 saturated carbocycles. The summed E-state index contributed by atoms with van der Waals surface area (Å²) in [7, 11) is 1.84. The number of para-hydroxylation sites is 1. The van der Waals surface area contributed by atoms with Gasteiger partial charge in [0.1, 0.15) is 5.75 Å². The summed E-state index contributed by atoms with van der Waals surface area (Å²) < 4.78 is 31.7. The summed E-state index contributed by atoms with van der Waals surface area (Å²) >= 11 is 0. The van der Waals surface area contributed by atoms with Gasteiger partial charge in [0, 0.05) is 37.8 Å². The van der Waals surface area contributed by atoms with Gasteiger partial charge in [0.2, 0.25) is 5.91 Å². The van der Waals surface area contributed by atoms with Crippen molar-refractivity contribution in [3.8, 4) is 5.75 Å². The molecule has 1 amide bonds. The smallest absolute Gasteiger partial charge is 0.387 e. The second-order valence-corrected chi connectivity index (χ2v) is 6.70. The number of alkyl halides is 2. The first-order valence-electron chi connectivity index (χ1n) is 9.03. The van der Waals surface area contributed by atoms with Crippen LogP contribution < -0.4 is 15.4 Å². The van der Waals surface area contributed by atoms with Crippen LogP contribution in [0.15, 0.2) is 36.7 Å². The van der Waals surface area contributed by atoms with E-state index >= 15 is 0 Å². The summed E-state index contributed by atoms with van der Waals surface area (Å²) in [5, 5.41) is 10.5. The van der Waals surface area contributed by atoms with Crippen LogP contribution in [-0.2, 0) is 11.8 Å². The number of aryl methyl sites for hydroxylation is 1. The average molecular weight is 378 g/mol. The number of halogens is 2. The summed E-state index contributed by atoms with van der Waals surface area (Å²) in [5.74, 6) is -0.226. The highest BCUT2D eigenvalue weighted by molar-refractivity contribution is 5.81. The van der Waals surface area contributed by atoms with Crippen LogP contribution >= 0.6 is 0 Å². The van der Waals surface area contributed by atoms with Crippen molar-refractivity contribution in [3.05, 3.63) is 47.8 Å². The fraction of sp³-hybridized carbons (Fsp3) is 0.474. The lowest BCUT2D eigenvalue weighted by molar-refractivity contribution is -0.125. The van der Waals surface area contributed by atoms with Gasteiger partial charge in [-0.3, -0.25) is 9.48 Å². The molecular formula is C19H24F2N4O2. The number of nitrogens with zero attached hydrogens (tertiary/aromatic N) is 2. The highest BCUT2D eigenvalue weighted by Gasteiger charge is 2.35. The van der Waals surface area contributed by atoms with Crippen LogP contribution in [0.4, 0.5) is 8.78 Å². The Hall–Kier alpha value is -2.48. The SMILES string of the molecule is CCC(NC(=O)[C@H]1CNC[C@@H]1c1cnn(C)c1)c1ccccc1OC(F)F. The largest absolute Gasteiger partial charge is 0.434 e. The van der Waals surface area contributed by atoms with Gasteiger partial charge in [0.25, 0.3) is 0 Å². The molecule has 0 aliphatic carbocycles. The van der Waals surface area contributed by atoms with E-state index in [9.17, 15) is 13.6 Å². The van der Waals surface area contributed by atoms with Crippen molar-refractivity contribution in [2.45, 2.75) is 31.9 Å². The second kappa shape index (κ2) is 8.47. The molecule has 2 heterocycles. The van der Waals surface area contributed by atoms with Crippen LogP contribution in [0, 0.1) is 5.92 Å². The number of ether oxygens (including phenoxy) is 1. The lowest BCUT2D eigenvalue weighted by Gasteiger charge is -2.24. The number of aromatic nitrogens is 2. The van der Waals surface area contributed by atoms with E-state index in [4.69, 9.17) is 0 Å². The van der Waals surface area contributed by atoms with E-state index in [1.165, 1.54) is 6.07 Å². The van der Waals surface area contributed by atoms with Gasteiger partial charge in [0.05, 0.1) is 18.2 Å². The van der Waals surface area contributed by atoms with Gasteiger partial charge in [-0.15, -0.1) is 0 Å². The zero-order valence-corrected chi connectivity index (χ0v) is 15.4. The van der Waals surface area contributed by atoms with Crippen molar-refractivity contribution >= 4 is 5.91 Å². The molecule has 146 valence electrons. The van der Waals surface area contributed by atoms with Crippen molar-refractivity contribution in [2.24, 2.45) is 13.0 Å². The van der Waals surface area contributed by atoms with Crippen LogP contribution in [0.25, 0.3) is 0 Å². The molecule has 1 saturated heterocycles. The summed E-state index contributed by atoms with van der Waals surface area (Å²) in [6, 6.07) is 6.18. The van der Waals surface area contributed by atoms with E-state index in [0.29, 0.717) is 25.1 Å². The molecule has 0 bridgehead atoms. The molecule has 3 atom stereocenters. The van der Waals surface area contributed by atoms with E-state index in [-0.39, 0.29) is 23.5 Å². The summed E-state index contributed by atoms with van der Waals surface area (Å²) in [4.78, 5) is 12.9. The van der Waals surface area contributed by atoms with Gasteiger partial charge in [-0.2, -0.15) is 13.9 Å². The lowest BCUT2D eigenvalue weighted by Crippen LogP contribution is -2.37. The van der Waals surface area contributed by atoms with Crippen molar-refractivity contribution in [2.75, 3.05) is 13.1 Å². The molecule has 1 fully saturated rings. The molecule has 2 aromatic rings. The zero-order valence-electron chi connectivity index (χ0n) is 15.4. The average Bonchev–Trinajstić information content (AvgIpc) is 3.28. The Morgan fingerprint density at radius 3 is 2.85 bits per heavy atom. The van der Waals surface area contributed by atoms with Crippen LogP contribution in [0.1, 0.15) is 36.4 Å². The maximum atomic E-state index is 12.9. The van der Waals surface area contributed by atoms with Crippen molar-refractivity contribution < 1.29 is 18.3 Å². The Bertz CT molecular complexity index is 781. The Labute approximate surface area is 156 Å². The number of benzene rings is 1. The van der Waals surface area contributed by atoms with Gasteiger partial charge in [-0.05, 0) is 18.1 Å². The lowest BCUT2D eigenvalue weighted by atomic mass is 9.89. The van der Waals surface area contributed by atoms with E-state index in [1.54, 1.807) is 29.1 Å². The first-order chi connectivity index (χ1) is 13.0. The predicted molar refractivity (Wildman–Crippen MR) is 96.6 cm³/mol. The molecule has 27 heavy (non-hydrogen) atoms. The van der Waals surface area contributed by atoms with Crippen LogP contribution in [0.2, 0.25) is 0 Å². The minimum Gasteiger partial charge on any atom is -0.434 e. The molecule has 1 aliphatic heterocycles. The molecule has 1 unspecified atom stereocenters. The number of hydrogen-bond donors (Lipinski definition) is 2. The predicted octanol–water partition coefficient (Wildman–Crippen LogP) is 2.59. The van der Waals surface area contributed by atoms with Crippen LogP contribution in [-0.4, -0.2) is 35.4 Å². The fourth-order valence-electron chi connectivity index (χ4n) is 3.59. The third-order valence-electron chi connectivity index (χ3n) is 4.94. The van der Waals surface area contributed by atoms with Crippen LogP contribution in [0.3, 0.4) is 0 Å². The van der Waals surface area contributed by atoms with Crippen molar-refractivity contribution in [1.82, 2.24) is 20.4 Å². The quantitative estimate of drug-likeness (QED) is 0.777. The molecule has 1 aromatic heterocycles. The highest BCUT2D eigenvalue weighted by Crippen LogP contribution is 2.31. The van der Waals surface area contributed by atoms with E-state index in [2.05, 4.69) is 20.5 Å². The van der Waals surface area contributed by atoms with Gasteiger partial charge in [-0.25, -0.2) is 0 Å². The molecular weight excluding hydrogens is 354 g/mol. The normalized spacial score (nSPS) is 20.6. The number of rotatable bonds is 7. The Balaban J connectivity index is 1.75. The Kier molecular flexibility index (Phi) is 6.05. The van der Waals surface area contributed by atoms with E-state index < -0.39 is 12.7 Å². The zero-order chi connectivity index (χ0) is 19.4. The van der Waals surface area contributed by atoms with Gasteiger partial charge in [-0.1, -0.05) is 25.1 Å². The third kappa shape index (κ3) is 4.44. The molecule has 0 radical (unpaired) electrons. The summed E-state index contributed by atoms with van der Waals surface area (Å²) in [6.07, 6.45) is 4.26. The number of nitrogens with one attached hydrogen (secondary N) is 2. The van der Waals surface area contributed by atoms with Gasteiger partial charge < -0.3 is 15.4 Å². The maximum Gasteiger partial charge on any atom is 0.387 e. The second-order valence-electron chi connectivity index (χ2n) is 6.70. The number of hydrogen-bond acceptors (Lipinski definition) is 4. The van der Waals surface area contributed by atoms with E-state index in [1.807, 2.05) is 20.2 Å². The Morgan fingerprint density at radius 2 is 2.19 bits per heavy atom. The number of amides is 1. The molecule has 3 rings (SSSR count). The van der Waals surface area contributed by atoms with Gasteiger partial charge in [0.15, 0.2) is 0 Å². The summed E-state index contributed by atoms with van der Waals surface area (Å²) in [6.45, 7) is 0.256. The standard InChI is InChI=1S/C19H24F2N4O2/c1-3-16(13-6-4-5-7-17(13)27-19(20)21)24-18(26)15-10-22-9-14(15)12-8-23-25(2)11-12/h4-8,11,14-16,19,22H,3,9-10H2,1-2H3,(H,24,26)/t14-,15+,16?/m1/s1. The van der Waals surface area contributed by atoms with Crippen molar-refractivity contribution in [3.63, 3.8) is 0 Å². The topological polar surface area (TPSA) is 68.2 Å². The van der Waals surface area contributed by atoms with Crippen molar-refractivity contribution in [1.29, 1.82) is 0 Å². The molecule has 2 N–H and O–H groups in total. The van der Waals surface area contributed by atoms with Crippen LogP contribution in [0.5, 0.6) is 5.75 Å². The monoisotopic (exact) mass is 378 g/mol. The third-order valence-corrected chi connectivity index (χ3v) is 4.94. The Morgan fingerprint density at radius 1 is 1.41 bits per heavy atom.